The molecule has 0 aliphatic heterocycles. The van der Waals surface area contributed by atoms with E-state index in [2.05, 4.69) is 32.1 Å². The maximum Gasteiger partial charge on any atom is 0.276 e. The van der Waals surface area contributed by atoms with Crippen molar-refractivity contribution in [3.05, 3.63) is 52.5 Å². The van der Waals surface area contributed by atoms with Crippen LogP contribution in [-0.4, -0.2) is 37.3 Å². The first kappa shape index (κ1) is 22.4. The van der Waals surface area contributed by atoms with Crippen LogP contribution in [0.15, 0.2) is 46.9 Å². The zero-order valence-corrected chi connectivity index (χ0v) is 18.2. The van der Waals surface area contributed by atoms with Gasteiger partial charge < -0.3 is 14.2 Å². The maximum atomic E-state index is 12.3. The van der Waals surface area contributed by atoms with Gasteiger partial charge in [-0.3, -0.25) is 25.8 Å². The Balaban J connectivity index is 1.79. The van der Waals surface area contributed by atoms with E-state index in [1.54, 1.807) is 42.5 Å². The summed E-state index contributed by atoms with van der Waals surface area (Å²) in [5.41, 5.74) is 5.16. The number of rotatable bonds is 7. The molecule has 0 unspecified atom stereocenters. The number of hydrazine groups is 1. The summed E-state index contributed by atoms with van der Waals surface area (Å²) in [5.74, 6) is 0.647. The van der Waals surface area contributed by atoms with Crippen LogP contribution >= 0.6 is 28.1 Å². The van der Waals surface area contributed by atoms with E-state index in [4.69, 9.17) is 26.4 Å². The van der Waals surface area contributed by atoms with Crippen LogP contribution in [0.25, 0.3) is 0 Å². The Labute approximate surface area is 182 Å². The van der Waals surface area contributed by atoms with Gasteiger partial charge in [-0.05, 0) is 65.4 Å². The Bertz CT molecular complexity index is 894. The van der Waals surface area contributed by atoms with Crippen LogP contribution in [0, 0.1) is 0 Å². The lowest BCUT2D eigenvalue weighted by Crippen LogP contribution is -2.49. The van der Waals surface area contributed by atoms with Crippen molar-refractivity contribution in [3.63, 3.8) is 0 Å². The number of carbonyl (C=O) groups excluding carboxylic acids is 2. The summed E-state index contributed by atoms with van der Waals surface area (Å²) in [7, 11) is 1.51. The molecule has 10 heteroatoms. The zero-order chi connectivity index (χ0) is 21.2. The summed E-state index contributed by atoms with van der Waals surface area (Å²) in [5, 5.41) is 2.40. The lowest BCUT2D eigenvalue weighted by molar-refractivity contribution is -0.123. The van der Waals surface area contributed by atoms with Gasteiger partial charge in [-0.2, -0.15) is 0 Å². The molecular formula is C19H20BrN3O5S. The highest BCUT2D eigenvalue weighted by Crippen LogP contribution is 2.26. The lowest BCUT2D eigenvalue weighted by atomic mass is 10.2. The quantitative estimate of drug-likeness (QED) is 0.412. The molecule has 0 spiro atoms. The third-order valence-electron chi connectivity index (χ3n) is 3.46. The van der Waals surface area contributed by atoms with Gasteiger partial charge in [0.25, 0.3) is 11.8 Å². The standard InChI is InChI=1S/C19H20BrN3O5S/c1-3-27-14-9-8-12(10-13(14)20)18(25)21-19(29)23-22-17(24)11-28-16-7-5-4-6-15(16)26-2/h4-10H,3,11H2,1-2H3,(H,22,24)(H2,21,23,25,29). The molecule has 0 heterocycles. The van der Waals surface area contributed by atoms with Gasteiger partial charge in [-0.1, -0.05) is 12.1 Å². The molecule has 2 aromatic carbocycles. The molecule has 0 bridgehead atoms. The third-order valence-corrected chi connectivity index (χ3v) is 4.29. The second-order valence-corrected chi connectivity index (χ2v) is 6.74. The van der Waals surface area contributed by atoms with Crippen molar-refractivity contribution >= 4 is 45.1 Å². The van der Waals surface area contributed by atoms with E-state index in [-0.39, 0.29) is 11.7 Å². The third kappa shape index (κ3) is 6.91. The Morgan fingerprint density at radius 3 is 2.41 bits per heavy atom. The molecule has 0 aliphatic rings. The summed E-state index contributed by atoms with van der Waals surface area (Å²) in [6.45, 7) is 2.11. The molecule has 0 fully saturated rings. The zero-order valence-electron chi connectivity index (χ0n) is 15.8. The SMILES string of the molecule is CCOc1ccc(C(=O)NC(=S)NNC(=O)COc2ccccc2OC)cc1Br. The van der Waals surface area contributed by atoms with E-state index in [9.17, 15) is 9.59 Å². The minimum absolute atomic E-state index is 0.0642. The van der Waals surface area contributed by atoms with Gasteiger partial charge in [-0.15, -0.1) is 0 Å². The molecule has 2 aromatic rings. The average molecular weight is 482 g/mol. The molecule has 2 rings (SSSR count). The van der Waals surface area contributed by atoms with Crippen molar-refractivity contribution in [1.82, 2.24) is 16.2 Å². The number of benzene rings is 2. The molecule has 0 aromatic heterocycles. The van der Waals surface area contributed by atoms with Crippen molar-refractivity contribution in [3.8, 4) is 17.2 Å². The van der Waals surface area contributed by atoms with Crippen LogP contribution in [-0.2, 0) is 4.79 Å². The van der Waals surface area contributed by atoms with Gasteiger partial charge >= 0.3 is 0 Å². The number of thiocarbonyl (C=S) groups is 1. The number of para-hydroxylation sites is 2. The molecule has 0 atom stereocenters. The molecule has 29 heavy (non-hydrogen) atoms. The van der Waals surface area contributed by atoms with E-state index < -0.39 is 11.8 Å². The topological polar surface area (TPSA) is 97.9 Å². The van der Waals surface area contributed by atoms with Gasteiger partial charge in [0.2, 0.25) is 0 Å². The number of carbonyl (C=O) groups is 2. The van der Waals surface area contributed by atoms with Crippen LogP contribution in [0.4, 0.5) is 0 Å². The van der Waals surface area contributed by atoms with Crippen LogP contribution in [0.1, 0.15) is 17.3 Å². The van der Waals surface area contributed by atoms with Crippen LogP contribution in [0.5, 0.6) is 17.2 Å². The number of halogens is 1. The summed E-state index contributed by atoms with van der Waals surface area (Å²) >= 11 is 8.36. The summed E-state index contributed by atoms with van der Waals surface area (Å²) in [6.07, 6.45) is 0. The normalized spacial score (nSPS) is 9.90. The highest BCUT2D eigenvalue weighted by Gasteiger charge is 2.12. The van der Waals surface area contributed by atoms with Crippen LogP contribution < -0.4 is 30.4 Å². The molecule has 154 valence electrons. The fraction of sp³-hybridized carbons (Fsp3) is 0.211. The molecule has 3 N–H and O–H groups in total. The number of hydrogen-bond acceptors (Lipinski definition) is 6. The van der Waals surface area contributed by atoms with E-state index in [0.717, 1.165) is 0 Å². The minimum atomic E-state index is -0.490. The fourth-order valence-corrected chi connectivity index (χ4v) is 2.80. The number of ether oxygens (including phenoxy) is 3. The predicted octanol–water partition coefficient (Wildman–Crippen LogP) is 2.57. The predicted molar refractivity (Wildman–Crippen MR) is 115 cm³/mol. The highest BCUT2D eigenvalue weighted by molar-refractivity contribution is 9.10. The van der Waals surface area contributed by atoms with Crippen molar-refractivity contribution < 1.29 is 23.8 Å². The molecule has 2 amide bonds. The lowest BCUT2D eigenvalue weighted by Gasteiger charge is -2.13. The van der Waals surface area contributed by atoms with Crippen LogP contribution in [0.3, 0.4) is 0 Å². The number of nitrogens with one attached hydrogen (secondary N) is 3. The van der Waals surface area contributed by atoms with Gasteiger partial charge in [0.15, 0.2) is 23.2 Å². The largest absolute Gasteiger partial charge is 0.493 e. The van der Waals surface area contributed by atoms with Gasteiger partial charge in [0.05, 0.1) is 18.2 Å². The molecular weight excluding hydrogens is 462 g/mol. The highest BCUT2D eigenvalue weighted by atomic mass is 79.9. The van der Waals surface area contributed by atoms with Crippen LogP contribution in [0.2, 0.25) is 0 Å². The van der Waals surface area contributed by atoms with Crippen molar-refractivity contribution in [2.45, 2.75) is 6.92 Å². The second kappa shape index (κ2) is 11.2. The van der Waals surface area contributed by atoms with E-state index in [0.29, 0.717) is 33.9 Å². The molecule has 0 saturated heterocycles. The minimum Gasteiger partial charge on any atom is -0.493 e. The smallest absolute Gasteiger partial charge is 0.276 e. The number of methoxy groups -OCH3 is 1. The Kier molecular flexibility index (Phi) is 8.68. The molecule has 8 nitrogen and oxygen atoms in total. The Hall–Kier alpha value is -2.85. The van der Waals surface area contributed by atoms with E-state index in [1.165, 1.54) is 7.11 Å². The van der Waals surface area contributed by atoms with Gasteiger partial charge in [0, 0.05) is 5.56 Å². The van der Waals surface area contributed by atoms with E-state index in [1.807, 2.05) is 6.92 Å². The first-order chi connectivity index (χ1) is 13.9. The molecule has 0 saturated carbocycles. The van der Waals surface area contributed by atoms with Crippen molar-refractivity contribution in [2.75, 3.05) is 20.3 Å². The molecule has 0 aliphatic carbocycles. The van der Waals surface area contributed by atoms with E-state index >= 15 is 0 Å². The number of hydrogen-bond donors (Lipinski definition) is 3. The fourth-order valence-electron chi connectivity index (χ4n) is 2.17. The van der Waals surface area contributed by atoms with Gasteiger partial charge in [-0.25, -0.2) is 0 Å². The Morgan fingerprint density at radius 2 is 1.76 bits per heavy atom. The van der Waals surface area contributed by atoms with Gasteiger partial charge in [0.1, 0.15) is 5.75 Å². The second-order valence-electron chi connectivity index (χ2n) is 5.47. The summed E-state index contributed by atoms with van der Waals surface area (Å²) in [6, 6.07) is 11.8. The average Bonchev–Trinajstić information content (AvgIpc) is 2.72. The summed E-state index contributed by atoms with van der Waals surface area (Å²) < 4.78 is 16.6. The van der Waals surface area contributed by atoms with Crippen molar-refractivity contribution in [2.24, 2.45) is 0 Å². The monoisotopic (exact) mass is 481 g/mol. The summed E-state index contributed by atoms with van der Waals surface area (Å²) in [4.78, 5) is 24.1. The number of amides is 2. The van der Waals surface area contributed by atoms with Crippen molar-refractivity contribution in [1.29, 1.82) is 0 Å². The first-order valence-corrected chi connectivity index (χ1v) is 9.73. The Morgan fingerprint density at radius 1 is 1.03 bits per heavy atom. The maximum absolute atomic E-state index is 12.3. The first-order valence-electron chi connectivity index (χ1n) is 8.53. The molecule has 0 radical (unpaired) electrons.